The number of benzene rings is 1. The zero-order valence-corrected chi connectivity index (χ0v) is 10.2. The molecular formula is C15H14N2O. The third-order valence-electron chi connectivity index (χ3n) is 2.79. The van der Waals surface area contributed by atoms with Crippen molar-refractivity contribution in [2.45, 2.75) is 19.8 Å². The summed E-state index contributed by atoms with van der Waals surface area (Å²) in [6.07, 6.45) is 3.50. The fourth-order valence-electron chi connectivity index (χ4n) is 1.83. The number of hydrogen-bond donors (Lipinski definition) is 1. The third-order valence-corrected chi connectivity index (χ3v) is 2.79. The number of aryl methyl sites for hydroxylation is 1. The lowest BCUT2D eigenvalue weighted by Crippen LogP contribution is -1.88. The van der Waals surface area contributed by atoms with E-state index in [0.29, 0.717) is 5.69 Å². The van der Waals surface area contributed by atoms with Crippen LogP contribution in [0.15, 0.2) is 36.5 Å². The highest BCUT2D eigenvalue weighted by atomic mass is 16.3. The van der Waals surface area contributed by atoms with Gasteiger partial charge >= 0.3 is 0 Å². The monoisotopic (exact) mass is 238 g/mol. The Morgan fingerprint density at radius 1 is 1.28 bits per heavy atom. The molecule has 0 amide bonds. The summed E-state index contributed by atoms with van der Waals surface area (Å²) in [5.74, 6) is -0.0798. The normalized spacial score (nSPS) is 10.0. The van der Waals surface area contributed by atoms with Crippen LogP contribution < -0.4 is 0 Å². The van der Waals surface area contributed by atoms with Crippen molar-refractivity contribution in [1.82, 2.24) is 4.98 Å². The molecule has 0 bridgehead atoms. The van der Waals surface area contributed by atoms with Gasteiger partial charge in [-0.15, -0.1) is 0 Å². The summed E-state index contributed by atoms with van der Waals surface area (Å²) < 4.78 is 0. The van der Waals surface area contributed by atoms with Gasteiger partial charge in [-0.1, -0.05) is 37.6 Å². The van der Waals surface area contributed by atoms with E-state index < -0.39 is 0 Å². The van der Waals surface area contributed by atoms with Gasteiger partial charge in [-0.3, -0.25) is 4.98 Å². The minimum atomic E-state index is -0.0798. The van der Waals surface area contributed by atoms with Crippen LogP contribution in [0.25, 0.3) is 11.3 Å². The van der Waals surface area contributed by atoms with Crippen LogP contribution in [0.4, 0.5) is 0 Å². The molecule has 2 aromatic rings. The molecule has 0 saturated heterocycles. The lowest BCUT2D eigenvalue weighted by Gasteiger charge is -2.04. The Morgan fingerprint density at radius 2 is 2.00 bits per heavy atom. The van der Waals surface area contributed by atoms with E-state index in [1.807, 2.05) is 18.2 Å². The highest BCUT2D eigenvalue weighted by Gasteiger charge is 2.05. The van der Waals surface area contributed by atoms with Crippen LogP contribution in [0.2, 0.25) is 0 Å². The maximum Gasteiger partial charge on any atom is 0.151 e. The predicted molar refractivity (Wildman–Crippen MR) is 70.0 cm³/mol. The van der Waals surface area contributed by atoms with E-state index in [9.17, 15) is 5.11 Å². The van der Waals surface area contributed by atoms with Crippen LogP contribution in [0.5, 0.6) is 5.75 Å². The van der Waals surface area contributed by atoms with Crippen molar-refractivity contribution >= 4 is 0 Å². The van der Waals surface area contributed by atoms with Crippen molar-refractivity contribution in [3.63, 3.8) is 0 Å². The van der Waals surface area contributed by atoms with Crippen molar-refractivity contribution in [1.29, 1.82) is 5.26 Å². The number of rotatable bonds is 3. The van der Waals surface area contributed by atoms with Gasteiger partial charge in [-0.25, -0.2) is 0 Å². The molecule has 0 aliphatic heterocycles. The van der Waals surface area contributed by atoms with Gasteiger partial charge in [-0.2, -0.15) is 5.26 Å². The molecule has 18 heavy (non-hydrogen) atoms. The van der Waals surface area contributed by atoms with Gasteiger partial charge < -0.3 is 5.11 Å². The maximum absolute atomic E-state index is 9.41. The third kappa shape index (κ3) is 2.49. The van der Waals surface area contributed by atoms with Gasteiger partial charge in [0.1, 0.15) is 6.07 Å². The number of aromatic nitrogens is 1. The molecule has 2 rings (SSSR count). The van der Waals surface area contributed by atoms with Crippen LogP contribution >= 0.6 is 0 Å². The topological polar surface area (TPSA) is 56.9 Å². The molecule has 1 aromatic carbocycles. The summed E-state index contributed by atoms with van der Waals surface area (Å²) in [7, 11) is 0. The fourth-order valence-corrected chi connectivity index (χ4v) is 1.83. The Labute approximate surface area is 106 Å². The summed E-state index contributed by atoms with van der Waals surface area (Å²) in [6.45, 7) is 2.15. The van der Waals surface area contributed by atoms with Crippen molar-refractivity contribution in [2.24, 2.45) is 0 Å². The quantitative estimate of drug-likeness (QED) is 0.892. The summed E-state index contributed by atoms with van der Waals surface area (Å²) in [5, 5.41) is 18.3. The molecule has 0 aliphatic carbocycles. The summed E-state index contributed by atoms with van der Waals surface area (Å²) in [6, 6.07) is 11.7. The molecule has 3 nitrogen and oxygen atoms in total. The standard InChI is InChI=1S/C15H14N2O/c1-2-3-11-4-6-12(7-5-11)14-8-13(9-16)15(18)10-17-14/h4-8,10,18H,2-3H2,1H3. The molecule has 90 valence electrons. The molecule has 1 aromatic heterocycles. The van der Waals surface area contributed by atoms with Crippen molar-refractivity contribution in [2.75, 3.05) is 0 Å². The van der Waals surface area contributed by atoms with Gasteiger partial charge in [0.25, 0.3) is 0 Å². The largest absolute Gasteiger partial charge is 0.505 e. The molecule has 3 heteroatoms. The van der Waals surface area contributed by atoms with E-state index in [4.69, 9.17) is 5.26 Å². The molecule has 0 unspecified atom stereocenters. The summed E-state index contributed by atoms with van der Waals surface area (Å²) in [5.41, 5.74) is 3.19. The van der Waals surface area contributed by atoms with Gasteiger partial charge in [0.2, 0.25) is 0 Å². The zero-order valence-electron chi connectivity index (χ0n) is 10.2. The number of nitrogens with zero attached hydrogens (tertiary/aromatic N) is 2. The fraction of sp³-hybridized carbons (Fsp3) is 0.200. The number of nitriles is 1. The van der Waals surface area contributed by atoms with Crippen LogP contribution in [-0.2, 0) is 6.42 Å². The molecule has 0 fully saturated rings. The number of hydrogen-bond acceptors (Lipinski definition) is 3. The average Bonchev–Trinajstić information content (AvgIpc) is 2.41. The van der Waals surface area contributed by atoms with Crippen LogP contribution in [0, 0.1) is 11.3 Å². The summed E-state index contributed by atoms with van der Waals surface area (Å²) >= 11 is 0. The number of pyridine rings is 1. The first kappa shape index (κ1) is 12.1. The highest BCUT2D eigenvalue weighted by molar-refractivity contribution is 5.62. The lowest BCUT2D eigenvalue weighted by atomic mass is 10.0. The molecule has 1 N–H and O–H groups in total. The first-order chi connectivity index (χ1) is 8.74. The molecule has 1 heterocycles. The van der Waals surface area contributed by atoms with E-state index in [2.05, 4.69) is 24.0 Å². The van der Waals surface area contributed by atoms with Gasteiger partial charge in [0.15, 0.2) is 5.75 Å². The maximum atomic E-state index is 9.41. The van der Waals surface area contributed by atoms with Crippen LogP contribution in [0.1, 0.15) is 24.5 Å². The average molecular weight is 238 g/mol. The number of aromatic hydroxyl groups is 1. The van der Waals surface area contributed by atoms with Gasteiger partial charge in [0, 0.05) is 5.56 Å². The minimum absolute atomic E-state index is 0.0798. The van der Waals surface area contributed by atoms with E-state index in [1.165, 1.54) is 11.8 Å². The van der Waals surface area contributed by atoms with E-state index >= 15 is 0 Å². The Morgan fingerprint density at radius 3 is 2.61 bits per heavy atom. The Balaban J connectivity index is 2.34. The second-order valence-electron chi connectivity index (χ2n) is 4.15. The molecule has 0 radical (unpaired) electrons. The first-order valence-corrected chi connectivity index (χ1v) is 5.93. The minimum Gasteiger partial charge on any atom is -0.505 e. The van der Waals surface area contributed by atoms with E-state index in [0.717, 1.165) is 18.4 Å². The van der Waals surface area contributed by atoms with Crippen LogP contribution in [-0.4, -0.2) is 10.1 Å². The molecule has 0 aliphatic rings. The van der Waals surface area contributed by atoms with Crippen molar-refractivity contribution in [3.05, 3.63) is 47.7 Å². The Bertz CT molecular complexity index is 582. The molecule has 0 spiro atoms. The molecular weight excluding hydrogens is 224 g/mol. The molecule has 0 atom stereocenters. The van der Waals surface area contributed by atoms with Crippen LogP contribution in [0.3, 0.4) is 0 Å². The van der Waals surface area contributed by atoms with E-state index in [1.54, 1.807) is 6.07 Å². The molecule has 0 saturated carbocycles. The lowest BCUT2D eigenvalue weighted by molar-refractivity contribution is 0.471. The Hall–Kier alpha value is -2.34. The van der Waals surface area contributed by atoms with Gasteiger partial charge in [0.05, 0.1) is 17.5 Å². The van der Waals surface area contributed by atoms with Crippen molar-refractivity contribution in [3.8, 4) is 23.1 Å². The second-order valence-corrected chi connectivity index (χ2v) is 4.15. The first-order valence-electron chi connectivity index (χ1n) is 5.93. The zero-order chi connectivity index (χ0) is 13.0. The Kier molecular flexibility index (Phi) is 3.59. The van der Waals surface area contributed by atoms with E-state index in [-0.39, 0.29) is 11.3 Å². The van der Waals surface area contributed by atoms with Crippen molar-refractivity contribution < 1.29 is 5.11 Å². The second kappa shape index (κ2) is 5.33. The SMILES string of the molecule is CCCc1ccc(-c2cc(C#N)c(O)cn2)cc1. The summed E-state index contributed by atoms with van der Waals surface area (Å²) in [4.78, 5) is 4.13. The smallest absolute Gasteiger partial charge is 0.151 e. The predicted octanol–water partition coefficient (Wildman–Crippen LogP) is 3.28. The highest BCUT2D eigenvalue weighted by Crippen LogP contribution is 2.23. The van der Waals surface area contributed by atoms with Gasteiger partial charge in [-0.05, 0) is 18.1 Å².